The molecule has 3 aromatic rings. The molecule has 0 bridgehead atoms. The predicted molar refractivity (Wildman–Crippen MR) is 128 cm³/mol. The first-order valence-electron chi connectivity index (χ1n) is 9.20. The van der Waals surface area contributed by atoms with Crippen LogP contribution in [0.15, 0.2) is 82.4 Å². The Bertz CT molecular complexity index is 995. The minimum absolute atomic E-state index is 0.133. The second-order valence-corrected chi connectivity index (χ2v) is 8.64. The highest BCUT2D eigenvalue weighted by Gasteiger charge is 2.03. The summed E-state index contributed by atoms with van der Waals surface area (Å²) in [5.74, 6) is 1.73. The van der Waals surface area contributed by atoms with Crippen molar-refractivity contribution in [3.05, 3.63) is 99.0 Å². The molecule has 0 radical (unpaired) electrons. The highest BCUT2D eigenvalue weighted by molar-refractivity contribution is 9.10. The van der Waals surface area contributed by atoms with Gasteiger partial charge in [0.1, 0.15) is 12.4 Å². The van der Waals surface area contributed by atoms with E-state index in [0.717, 1.165) is 32.7 Å². The predicted octanol–water partition coefficient (Wildman–Crippen LogP) is 6.07. The van der Waals surface area contributed by atoms with Gasteiger partial charge in [-0.05, 0) is 59.2 Å². The maximum Gasteiger partial charge on any atom is 0.250 e. The highest BCUT2D eigenvalue weighted by Crippen LogP contribution is 2.21. The van der Waals surface area contributed by atoms with Gasteiger partial charge < -0.3 is 4.74 Å². The molecular formula is C23H20BrClN2O2S. The number of hydrazone groups is 1. The number of nitrogens with one attached hydrogen (secondary N) is 1. The van der Waals surface area contributed by atoms with E-state index in [0.29, 0.717) is 17.4 Å². The van der Waals surface area contributed by atoms with Crippen LogP contribution in [0.5, 0.6) is 5.75 Å². The Balaban J connectivity index is 1.38. The third-order valence-electron chi connectivity index (χ3n) is 4.05. The lowest BCUT2D eigenvalue weighted by Crippen LogP contribution is -2.19. The highest BCUT2D eigenvalue weighted by atomic mass is 79.9. The summed E-state index contributed by atoms with van der Waals surface area (Å²) in [7, 11) is 0. The number of carbonyl (C=O) groups is 1. The molecule has 30 heavy (non-hydrogen) atoms. The van der Waals surface area contributed by atoms with Crippen LogP contribution in [0.25, 0.3) is 0 Å². The monoisotopic (exact) mass is 502 g/mol. The molecule has 7 heteroatoms. The maximum absolute atomic E-state index is 11.9. The molecule has 0 heterocycles. The number of amides is 1. The topological polar surface area (TPSA) is 50.7 Å². The van der Waals surface area contributed by atoms with Crippen molar-refractivity contribution in [3.8, 4) is 5.75 Å². The molecule has 0 unspecified atom stereocenters. The number of rotatable bonds is 9. The fourth-order valence-corrected chi connectivity index (χ4v) is 4.04. The number of thioether (sulfide) groups is 1. The van der Waals surface area contributed by atoms with E-state index in [4.69, 9.17) is 16.3 Å². The lowest BCUT2D eigenvalue weighted by atomic mass is 10.2. The Morgan fingerprint density at radius 3 is 2.53 bits per heavy atom. The van der Waals surface area contributed by atoms with Crippen molar-refractivity contribution in [1.82, 2.24) is 5.43 Å². The van der Waals surface area contributed by atoms with Crippen LogP contribution in [0.4, 0.5) is 0 Å². The lowest BCUT2D eigenvalue weighted by molar-refractivity contribution is -0.118. The number of nitrogens with zero attached hydrogens (tertiary/aromatic N) is 1. The van der Waals surface area contributed by atoms with E-state index in [9.17, 15) is 4.79 Å². The first-order valence-corrected chi connectivity index (χ1v) is 11.5. The molecule has 0 fully saturated rings. The zero-order chi connectivity index (χ0) is 21.2. The van der Waals surface area contributed by atoms with Crippen LogP contribution in [0.2, 0.25) is 5.02 Å². The zero-order valence-corrected chi connectivity index (χ0v) is 19.2. The quantitative estimate of drug-likeness (QED) is 0.285. The van der Waals surface area contributed by atoms with Gasteiger partial charge in [0.05, 0.1) is 12.0 Å². The summed E-state index contributed by atoms with van der Waals surface area (Å²) in [6.07, 6.45) is 1.61. The fourth-order valence-electron chi connectivity index (χ4n) is 2.48. The largest absolute Gasteiger partial charge is 0.489 e. The average molecular weight is 504 g/mol. The number of halogens is 2. The van der Waals surface area contributed by atoms with Crippen LogP contribution in [-0.4, -0.2) is 17.9 Å². The zero-order valence-electron chi connectivity index (χ0n) is 16.1. The van der Waals surface area contributed by atoms with Gasteiger partial charge in [-0.3, -0.25) is 4.79 Å². The fraction of sp³-hybridized carbons (Fsp3) is 0.130. The molecule has 3 aromatic carbocycles. The van der Waals surface area contributed by atoms with Gasteiger partial charge in [-0.2, -0.15) is 5.10 Å². The second-order valence-electron chi connectivity index (χ2n) is 6.36. The Labute approximate surface area is 193 Å². The molecule has 3 rings (SSSR count). The molecule has 154 valence electrons. The summed E-state index contributed by atoms with van der Waals surface area (Å²) in [6, 6.07) is 23.0. The van der Waals surface area contributed by atoms with Crippen LogP contribution < -0.4 is 10.2 Å². The van der Waals surface area contributed by atoms with Gasteiger partial charge in [0.25, 0.3) is 0 Å². The molecule has 0 saturated carbocycles. The van der Waals surface area contributed by atoms with Gasteiger partial charge in [0.15, 0.2) is 0 Å². The molecule has 1 amide bonds. The van der Waals surface area contributed by atoms with Crippen LogP contribution >= 0.6 is 39.3 Å². The van der Waals surface area contributed by atoms with E-state index in [1.165, 1.54) is 0 Å². The van der Waals surface area contributed by atoms with Gasteiger partial charge in [-0.1, -0.05) is 57.9 Å². The summed E-state index contributed by atoms with van der Waals surface area (Å²) in [5, 5.41) is 4.72. The molecule has 0 aliphatic carbocycles. The number of hydrogen-bond acceptors (Lipinski definition) is 4. The van der Waals surface area contributed by atoms with Crippen LogP contribution in [0.3, 0.4) is 0 Å². The molecule has 0 spiro atoms. The van der Waals surface area contributed by atoms with E-state index in [2.05, 4.69) is 26.5 Å². The van der Waals surface area contributed by atoms with Gasteiger partial charge in [-0.25, -0.2) is 5.43 Å². The summed E-state index contributed by atoms with van der Waals surface area (Å²) >= 11 is 10.9. The Morgan fingerprint density at radius 2 is 1.80 bits per heavy atom. The Kier molecular flexibility index (Phi) is 8.81. The molecule has 0 aromatic heterocycles. The smallest absolute Gasteiger partial charge is 0.250 e. The summed E-state index contributed by atoms with van der Waals surface area (Å²) < 4.78 is 6.81. The van der Waals surface area contributed by atoms with Crippen molar-refractivity contribution >= 4 is 51.4 Å². The minimum Gasteiger partial charge on any atom is -0.489 e. The molecule has 0 aliphatic heterocycles. The van der Waals surface area contributed by atoms with Crippen LogP contribution in [-0.2, 0) is 17.2 Å². The number of hydrogen-bond donors (Lipinski definition) is 1. The van der Waals surface area contributed by atoms with Gasteiger partial charge in [-0.15, -0.1) is 11.8 Å². The number of carbonyl (C=O) groups excluding carboxylic acids is 1. The van der Waals surface area contributed by atoms with Crippen molar-refractivity contribution in [2.45, 2.75) is 12.4 Å². The van der Waals surface area contributed by atoms with Gasteiger partial charge in [0.2, 0.25) is 5.91 Å². The molecule has 0 aliphatic rings. The third kappa shape index (κ3) is 7.52. The van der Waals surface area contributed by atoms with E-state index in [1.54, 1.807) is 18.0 Å². The normalized spacial score (nSPS) is 10.9. The summed E-state index contributed by atoms with van der Waals surface area (Å²) in [6.45, 7) is 0.470. The van der Waals surface area contributed by atoms with Crippen molar-refractivity contribution in [2.24, 2.45) is 5.10 Å². The van der Waals surface area contributed by atoms with E-state index < -0.39 is 0 Å². The lowest BCUT2D eigenvalue weighted by Gasteiger charge is -2.06. The Hall–Kier alpha value is -2.28. The van der Waals surface area contributed by atoms with Crippen molar-refractivity contribution < 1.29 is 9.53 Å². The third-order valence-corrected chi connectivity index (χ3v) is 6.06. The molecule has 4 nitrogen and oxygen atoms in total. The van der Waals surface area contributed by atoms with E-state index >= 15 is 0 Å². The SMILES string of the molecule is O=C(CSCc1ccccc1Br)N/N=C\c1ccc(OCc2ccc(Cl)cc2)cc1. The Morgan fingerprint density at radius 1 is 1.07 bits per heavy atom. The summed E-state index contributed by atoms with van der Waals surface area (Å²) in [5.41, 5.74) is 5.63. The maximum atomic E-state index is 11.9. The van der Waals surface area contributed by atoms with Crippen molar-refractivity contribution in [1.29, 1.82) is 0 Å². The first-order chi connectivity index (χ1) is 14.6. The van der Waals surface area contributed by atoms with Crippen molar-refractivity contribution in [3.63, 3.8) is 0 Å². The first kappa shape index (κ1) is 22.4. The van der Waals surface area contributed by atoms with Gasteiger partial charge in [0, 0.05) is 15.2 Å². The van der Waals surface area contributed by atoms with Gasteiger partial charge >= 0.3 is 0 Å². The van der Waals surface area contributed by atoms with Crippen molar-refractivity contribution in [2.75, 3.05) is 5.75 Å². The van der Waals surface area contributed by atoms with E-state index in [1.807, 2.05) is 72.8 Å². The number of benzene rings is 3. The molecule has 1 N–H and O–H groups in total. The van der Waals surface area contributed by atoms with Crippen LogP contribution in [0.1, 0.15) is 16.7 Å². The van der Waals surface area contributed by atoms with E-state index in [-0.39, 0.29) is 5.91 Å². The van der Waals surface area contributed by atoms with Crippen LogP contribution in [0, 0.1) is 0 Å². The second kappa shape index (κ2) is 11.8. The molecule has 0 atom stereocenters. The molecule has 0 saturated heterocycles. The average Bonchev–Trinajstić information content (AvgIpc) is 2.76. The molecular weight excluding hydrogens is 484 g/mol. The minimum atomic E-state index is -0.133. The summed E-state index contributed by atoms with van der Waals surface area (Å²) in [4.78, 5) is 11.9. The standard InChI is InChI=1S/C23H20BrClN2O2S/c24-22-4-2-1-3-19(22)15-30-16-23(28)27-26-13-17-7-11-21(12-8-17)29-14-18-5-9-20(25)10-6-18/h1-13H,14-16H2,(H,27,28)/b26-13-. The number of ether oxygens (including phenoxy) is 1.